The van der Waals surface area contributed by atoms with Gasteiger partial charge in [0.25, 0.3) is 11.8 Å². The molecule has 0 saturated carbocycles. The lowest BCUT2D eigenvalue weighted by Crippen LogP contribution is -2.51. The number of nitrogens with one attached hydrogen (secondary N) is 2. The third-order valence-electron chi connectivity index (χ3n) is 2.86. The summed E-state index contributed by atoms with van der Waals surface area (Å²) in [7, 11) is 0. The van der Waals surface area contributed by atoms with E-state index >= 15 is 0 Å². The topological polar surface area (TPSA) is 119 Å². The number of hydrogen-bond donors (Lipinski definition) is 5. The monoisotopic (exact) mass is 330 g/mol. The summed E-state index contributed by atoms with van der Waals surface area (Å²) >= 11 is 0. The smallest absolute Gasteiger partial charge is 0.268 e. The van der Waals surface area contributed by atoms with Gasteiger partial charge in [0.15, 0.2) is 0 Å². The van der Waals surface area contributed by atoms with Crippen LogP contribution in [0.5, 0.6) is 0 Å². The summed E-state index contributed by atoms with van der Waals surface area (Å²) in [6.07, 6.45) is -1.93. The van der Waals surface area contributed by atoms with Gasteiger partial charge < -0.3 is 15.5 Å². The van der Waals surface area contributed by atoms with Crippen LogP contribution in [0.2, 0.25) is 0 Å². The molecule has 3 atom stereocenters. The van der Waals surface area contributed by atoms with Crippen molar-refractivity contribution in [3.63, 3.8) is 0 Å². The van der Waals surface area contributed by atoms with Crippen molar-refractivity contribution in [3.8, 4) is 23.7 Å². The highest BCUT2D eigenvalue weighted by Gasteiger charge is 2.25. The molecule has 0 heterocycles. The van der Waals surface area contributed by atoms with Crippen LogP contribution in [0.1, 0.15) is 29.8 Å². The summed E-state index contributed by atoms with van der Waals surface area (Å²) in [6, 6.07) is 4.90. The van der Waals surface area contributed by atoms with Crippen molar-refractivity contribution in [3.05, 3.63) is 35.4 Å². The number of carbonyl (C=O) groups excluding carboxylic acids is 2. The number of amides is 2. The Morgan fingerprint density at radius 1 is 1.08 bits per heavy atom. The molecular weight excluding hydrogens is 312 g/mol. The minimum absolute atomic E-state index is 0.256. The predicted molar refractivity (Wildman–Crippen MR) is 85.6 cm³/mol. The van der Waals surface area contributed by atoms with Gasteiger partial charge in [-0.15, -0.1) is 0 Å². The third kappa shape index (κ3) is 6.11. The fourth-order valence-electron chi connectivity index (χ4n) is 1.65. The number of hydroxylamine groups is 1. The lowest BCUT2D eigenvalue weighted by Gasteiger charge is -2.19. The van der Waals surface area contributed by atoms with Crippen LogP contribution < -0.4 is 10.8 Å². The van der Waals surface area contributed by atoms with Crippen molar-refractivity contribution in [1.82, 2.24) is 10.8 Å². The highest BCUT2D eigenvalue weighted by atomic mass is 16.5. The zero-order valence-electron chi connectivity index (χ0n) is 13.2. The molecule has 0 aromatic heterocycles. The first kappa shape index (κ1) is 19.2. The molecule has 1 rings (SSSR count). The Bertz CT molecular complexity index is 702. The first-order valence-electron chi connectivity index (χ1n) is 7.07. The van der Waals surface area contributed by atoms with Crippen molar-refractivity contribution in [2.45, 2.75) is 32.1 Å². The molecule has 24 heavy (non-hydrogen) atoms. The summed E-state index contributed by atoms with van der Waals surface area (Å²) in [5, 5.41) is 29.4. The van der Waals surface area contributed by atoms with E-state index in [-0.39, 0.29) is 5.56 Å². The van der Waals surface area contributed by atoms with Crippen LogP contribution in [0.25, 0.3) is 0 Å². The van der Waals surface area contributed by atoms with Gasteiger partial charge in [0, 0.05) is 11.1 Å². The summed E-state index contributed by atoms with van der Waals surface area (Å²) in [4.78, 5) is 23.4. The minimum Gasteiger partial charge on any atom is -0.391 e. The van der Waals surface area contributed by atoms with Crippen LogP contribution in [0.15, 0.2) is 24.3 Å². The molecule has 126 valence electrons. The summed E-state index contributed by atoms with van der Waals surface area (Å²) in [5.41, 5.74) is 2.26. The van der Waals surface area contributed by atoms with Gasteiger partial charge in [-0.25, -0.2) is 5.48 Å². The molecule has 7 nitrogen and oxygen atoms in total. The largest absolute Gasteiger partial charge is 0.391 e. The molecule has 2 unspecified atom stereocenters. The Balaban J connectivity index is 2.80. The molecule has 0 aliphatic heterocycles. The standard InChI is InChI=1S/C17H18N2O5/c1-11(20)5-3-4-6-13-7-9-14(10-8-13)16(22)18-15(12(2)21)17(23)19-24/h7-12,15,20-21,24H,1-2H3,(H,18,22)(H,19,23)/t11?,12-,15?/m1/s1. The Hall–Kier alpha value is -2.84. The third-order valence-corrected chi connectivity index (χ3v) is 2.86. The van der Waals surface area contributed by atoms with Gasteiger partial charge in [-0.2, -0.15) is 0 Å². The SMILES string of the molecule is CC(O)C#CC#Cc1ccc(C(=O)NC(C(=O)NO)[C@@H](C)O)cc1. The predicted octanol–water partition coefficient (Wildman–Crippen LogP) is -0.593. The van der Waals surface area contributed by atoms with E-state index in [2.05, 4.69) is 29.0 Å². The van der Waals surface area contributed by atoms with E-state index in [1.54, 1.807) is 12.1 Å². The van der Waals surface area contributed by atoms with Gasteiger partial charge in [-0.05, 0) is 50.0 Å². The van der Waals surface area contributed by atoms with E-state index in [1.807, 2.05) is 0 Å². The van der Waals surface area contributed by atoms with Gasteiger partial charge in [0.05, 0.1) is 6.10 Å². The minimum atomic E-state index is -1.28. The molecule has 0 aliphatic carbocycles. The Morgan fingerprint density at radius 2 is 1.71 bits per heavy atom. The highest BCUT2D eigenvalue weighted by Crippen LogP contribution is 2.05. The second kappa shape index (κ2) is 9.33. The van der Waals surface area contributed by atoms with E-state index in [9.17, 15) is 14.7 Å². The van der Waals surface area contributed by atoms with E-state index < -0.39 is 30.1 Å². The maximum Gasteiger partial charge on any atom is 0.268 e. The average molecular weight is 330 g/mol. The summed E-state index contributed by atoms with van der Waals surface area (Å²) in [6.45, 7) is 2.84. The molecule has 5 N–H and O–H groups in total. The molecule has 7 heteroatoms. The van der Waals surface area contributed by atoms with Gasteiger partial charge in [-0.1, -0.05) is 11.8 Å². The summed E-state index contributed by atoms with van der Waals surface area (Å²) in [5.74, 6) is 8.78. The number of aliphatic hydroxyl groups is 2. The van der Waals surface area contributed by atoms with Crippen LogP contribution in [0.3, 0.4) is 0 Å². The molecular formula is C17H18N2O5. The van der Waals surface area contributed by atoms with Gasteiger partial charge in [0.2, 0.25) is 0 Å². The fourth-order valence-corrected chi connectivity index (χ4v) is 1.65. The second-order valence-electron chi connectivity index (χ2n) is 4.94. The van der Waals surface area contributed by atoms with E-state index in [1.165, 1.54) is 31.5 Å². The molecule has 0 aliphatic rings. The zero-order chi connectivity index (χ0) is 18.1. The average Bonchev–Trinajstić information content (AvgIpc) is 2.55. The lowest BCUT2D eigenvalue weighted by molar-refractivity contribution is -0.133. The molecule has 0 radical (unpaired) electrons. The fraction of sp³-hybridized carbons (Fsp3) is 0.294. The zero-order valence-corrected chi connectivity index (χ0v) is 13.2. The van der Waals surface area contributed by atoms with E-state index in [0.717, 1.165) is 0 Å². The quantitative estimate of drug-likeness (QED) is 0.287. The Kier molecular flexibility index (Phi) is 7.47. The van der Waals surface area contributed by atoms with Gasteiger partial charge in [0.1, 0.15) is 12.1 Å². The van der Waals surface area contributed by atoms with E-state index in [4.69, 9.17) is 10.3 Å². The van der Waals surface area contributed by atoms with E-state index in [0.29, 0.717) is 5.56 Å². The summed E-state index contributed by atoms with van der Waals surface area (Å²) < 4.78 is 0. The van der Waals surface area contributed by atoms with Crippen LogP contribution in [-0.4, -0.2) is 45.5 Å². The first-order chi connectivity index (χ1) is 11.3. The number of rotatable bonds is 4. The molecule has 0 saturated heterocycles. The number of benzene rings is 1. The Morgan fingerprint density at radius 3 is 2.21 bits per heavy atom. The van der Waals surface area contributed by atoms with Crippen molar-refractivity contribution >= 4 is 11.8 Å². The lowest BCUT2D eigenvalue weighted by atomic mass is 10.1. The van der Waals surface area contributed by atoms with Gasteiger partial charge >= 0.3 is 0 Å². The van der Waals surface area contributed by atoms with Gasteiger partial charge in [-0.3, -0.25) is 14.8 Å². The number of hydrogen-bond acceptors (Lipinski definition) is 5. The number of aliphatic hydroxyl groups excluding tert-OH is 2. The normalized spacial score (nSPS) is 13.2. The van der Waals surface area contributed by atoms with Crippen LogP contribution in [0.4, 0.5) is 0 Å². The van der Waals surface area contributed by atoms with Crippen molar-refractivity contribution in [1.29, 1.82) is 0 Å². The molecule has 0 bridgehead atoms. The number of carbonyl (C=O) groups is 2. The molecule has 1 aromatic rings. The first-order valence-corrected chi connectivity index (χ1v) is 7.07. The van der Waals surface area contributed by atoms with Crippen molar-refractivity contribution in [2.24, 2.45) is 0 Å². The van der Waals surface area contributed by atoms with Crippen LogP contribution in [-0.2, 0) is 4.79 Å². The van der Waals surface area contributed by atoms with Crippen LogP contribution in [0, 0.1) is 23.7 Å². The Labute approximate surface area is 139 Å². The second-order valence-corrected chi connectivity index (χ2v) is 4.94. The maximum absolute atomic E-state index is 12.1. The molecule has 2 amide bonds. The molecule has 0 fully saturated rings. The van der Waals surface area contributed by atoms with Crippen molar-refractivity contribution < 1.29 is 25.0 Å². The molecule has 0 spiro atoms. The molecule has 1 aromatic carbocycles. The van der Waals surface area contributed by atoms with Crippen molar-refractivity contribution in [2.75, 3.05) is 0 Å². The highest BCUT2D eigenvalue weighted by molar-refractivity contribution is 5.97. The maximum atomic E-state index is 12.1. The van der Waals surface area contributed by atoms with Crippen LogP contribution >= 0.6 is 0 Å².